The lowest BCUT2D eigenvalue weighted by Crippen LogP contribution is -2.41. The van der Waals surface area contributed by atoms with Crippen molar-refractivity contribution in [1.29, 1.82) is 0 Å². The Balaban J connectivity index is 1.39. The number of piperidine rings is 1. The molecule has 3 aromatic rings. The summed E-state index contributed by atoms with van der Waals surface area (Å²) in [7, 11) is 3.10. The highest BCUT2D eigenvalue weighted by Crippen LogP contribution is 2.26. The molecule has 178 valence electrons. The maximum absolute atomic E-state index is 13.0. The van der Waals surface area contributed by atoms with Gasteiger partial charge in [-0.3, -0.25) is 9.59 Å². The number of methoxy groups -OCH3 is 2. The van der Waals surface area contributed by atoms with Gasteiger partial charge in [0, 0.05) is 36.3 Å². The van der Waals surface area contributed by atoms with E-state index in [1.54, 1.807) is 42.0 Å². The molecule has 0 spiro atoms. The molecule has 1 saturated heterocycles. The first-order chi connectivity index (χ1) is 16.4. The van der Waals surface area contributed by atoms with Gasteiger partial charge in [0.25, 0.3) is 5.91 Å². The van der Waals surface area contributed by atoms with E-state index in [9.17, 15) is 9.59 Å². The zero-order valence-corrected chi connectivity index (χ0v) is 19.7. The number of benzene rings is 2. The second kappa shape index (κ2) is 9.90. The Bertz CT molecular complexity index is 1180. The normalized spacial score (nSPS) is 14.1. The Labute approximate surface area is 197 Å². The number of nitrogens with one attached hydrogen (secondary N) is 1. The van der Waals surface area contributed by atoms with Crippen molar-refractivity contribution in [3.63, 3.8) is 0 Å². The fourth-order valence-corrected chi connectivity index (χ4v) is 4.07. The molecule has 1 fully saturated rings. The molecule has 4 rings (SSSR count). The average Bonchev–Trinajstić information content (AvgIpc) is 3.29. The Morgan fingerprint density at radius 3 is 2.26 bits per heavy atom. The third kappa shape index (κ3) is 4.85. The van der Waals surface area contributed by atoms with Gasteiger partial charge in [-0.15, -0.1) is 5.10 Å². The van der Waals surface area contributed by atoms with Crippen LogP contribution in [0.4, 0.5) is 5.69 Å². The zero-order chi connectivity index (χ0) is 24.2. The highest BCUT2D eigenvalue weighted by Gasteiger charge is 2.28. The topological polar surface area (TPSA) is 111 Å². The predicted molar refractivity (Wildman–Crippen MR) is 125 cm³/mol. The van der Waals surface area contributed by atoms with E-state index >= 15 is 0 Å². The summed E-state index contributed by atoms with van der Waals surface area (Å²) in [6.07, 6.45) is 1.17. The number of aryl methyl sites for hydroxylation is 2. The molecule has 0 saturated carbocycles. The van der Waals surface area contributed by atoms with Gasteiger partial charge >= 0.3 is 0 Å². The van der Waals surface area contributed by atoms with Crippen LogP contribution >= 0.6 is 0 Å². The van der Waals surface area contributed by atoms with Crippen molar-refractivity contribution in [2.45, 2.75) is 26.7 Å². The van der Waals surface area contributed by atoms with Gasteiger partial charge < -0.3 is 19.7 Å². The number of nitrogens with zero attached hydrogens (tertiary/aromatic N) is 5. The first-order valence-electron chi connectivity index (χ1n) is 11.1. The molecule has 10 nitrogen and oxygen atoms in total. The van der Waals surface area contributed by atoms with Crippen LogP contribution in [0.15, 0.2) is 36.4 Å². The number of amides is 2. The van der Waals surface area contributed by atoms with Crippen LogP contribution in [0.1, 0.15) is 34.6 Å². The lowest BCUT2D eigenvalue weighted by Gasteiger charge is -2.31. The molecular formula is C24H28N6O4. The fraction of sp³-hybridized carbons (Fsp3) is 0.375. The number of ether oxygens (including phenoxy) is 2. The minimum atomic E-state index is -0.177. The molecule has 2 heterocycles. The monoisotopic (exact) mass is 464 g/mol. The van der Waals surface area contributed by atoms with E-state index in [1.807, 2.05) is 32.0 Å². The Hall–Kier alpha value is -3.95. The van der Waals surface area contributed by atoms with Crippen molar-refractivity contribution >= 4 is 17.5 Å². The summed E-state index contributed by atoms with van der Waals surface area (Å²) in [5.41, 5.74) is 3.00. The molecule has 10 heteroatoms. The van der Waals surface area contributed by atoms with Crippen molar-refractivity contribution in [2.75, 3.05) is 32.6 Å². The van der Waals surface area contributed by atoms with Gasteiger partial charge in [-0.1, -0.05) is 6.07 Å². The van der Waals surface area contributed by atoms with E-state index in [0.717, 1.165) is 11.3 Å². The number of hydrogen-bond donors (Lipinski definition) is 1. The Morgan fingerprint density at radius 1 is 1.00 bits per heavy atom. The molecule has 0 radical (unpaired) electrons. The molecule has 0 unspecified atom stereocenters. The number of hydrogen-bond acceptors (Lipinski definition) is 7. The Morgan fingerprint density at radius 2 is 1.68 bits per heavy atom. The van der Waals surface area contributed by atoms with E-state index in [-0.39, 0.29) is 17.7 Å². The predicted octanol–water partition coefficient (Wildman–Crippen LogP) is 2.79. The van der Waals surface area contributed by atoms with Crippen LogP contribution in [-0.2, 0) is 4.79 Å². The summed E-state index contributed by atoms with van der Waals surface area (Å²) in [5.74, 6) is 1.45. The van der Waals surface area contributed by atoms with Crippen LogP contribution in [0.3, 0.4) is 0 Å². The van der Waals surface area contributed by atoms with E-state index in [4.69, 9.17) is 9.47 Å². The van der Waals surface area contributed by atoms with Crippen LogP contribution in [0.25, 0.3) is 5.69 Å². The summed E-state index contributed by atoms with van der Waals surface area (Å²) in [6.45, 7) is 4.78. The second-order valence-corrected chi connectivity index (χ2v) is 8.30. The number of likely N-dealkylation sites (tertiary alicyclic amines) is 1. The summed E-state index contributed by atoms with van der Waals surface area (Å²) in [6, 6.07) is 10.8. The maximum Gasteiger partial charge on any atom is 0.254 e. The maximum atomic E-state index is 13.0. The van der Waals surface area contributed by atoms with Crippen LogP contribution in [0.2, 0.25) is 0 Å². The minimum absolute atomic E-state index is 0.0570. The third-order valence-corrected chi connectivity index (χ3v) is 6.08. The molecule has 34 heavy (non-hydrogen) atoms. The number of aromatic nitrogens is 4. The highest BCUT2D eigenvalue weighted by molar-refractivity contribution is 5.96. The van der Waals surface area contributed by atoms with Crippen LogP contribution in [0.5, 0.6) is 11.5 Å². The standard InChI is InChI=1S/C24H28N6O4/c1-15-5-6-19(13-22(15)30-16(2)26-27-28-30)25-23(31)17-7-9-29(10-8-17)24(32)18-11-20(33-3)14-21(12-18)34-4/h5-6,11-14,17H,7-10H2,1-4H3,(H,25,31). The van der Waals surface area contributed by atoms with Gasteiger partial charge in [0.15, 0.2) is 5.82 Å². The second-order valence-electron chi connectivity index (χ2n) is 8.30. The summed E-state index contributed by atoms with van der Waals surface area (Å²) >= 11 is 0. The third-order valence-electron chi connectivity index (χ3n) is 6.08. The van der Waals surface area contributed by atoms with Crippen LogP contribution in [0, 0.1) is 19.8 Å². The van der Waals surface area contributed by atoms with Gasteiger partial charge in [0.05, 0.1) is 19.9 Å². The van der Waals surface area contributed by atoms with E-state index in [0.29, 0.717) is 54.5 Å². The molecule has 1 N–H and O–H groups in total. The molecular weight excluding hydrogens is 436 g/mol. The van der Waals surface area contributed by atoms with Crippen molar-refractivity contribution in [1.82, 2.24) is 25.1 Å². The average molecular weight is 465 g/mol. The fourth-order valence-electron chi connectivity index (χ4n) is 4.07. The highest BCUT2D eigenvalue weighted by atomic mass is 16.5. The van der Waals surface area contributed by atoms with Crippen molar-refractivity contribution in [3.8, 4) is 17.2 Å². The van der Waals surface area contributed by atoms with Crippen molar-refractivity contribution in [2.24, 2.45) is 5.92 Å². The Kier molecular flexibility index (Phi) is 6.76. The summed E-state index contributed by atoms with van der Waals surface area (Å²) in [5, 5.41) is 14.7. The van der Waals surface area contributed by atoms with Gasteiger partial charge in [0.2, 0.25) is 5.91 Å². The number of rotatable bonds is 6. The van der Waals surface area contributed by atoms with Gasteiger partial charge in [-0.2, -0.15) is 4.68 Å². The number of tetrazole rings is 1. The molecule has 1 aromatic heterocycles. The summed E-state index contributed by atoms with van der Waals surface area (Å²) < 4.78 is 12.2. The lowest BCUT2D eigenvalue weighted by atomic mass is 9.95. The number of carbonyl (C=O) groups is 2. The minimum Gasteiger partial charge on any atom is -0.497 e. The van der Waals surface area contributed by atoms with Gasteiger partial charge in [0.1, 0.15) is 11.5 Å². The van der Waals surface area contributed by atoms with Crippen molar-refractivity contribution in [3.05, 3.63) is 53.3 Å². The first kappa shape index (κ1) is 23.2. The lowest BCUT2D eigenvalue weighted by molar-refractivity contribution is -0.121. The largest absolute Gasteiger partial charge is 0.497 e. The molecule has 2 amide bonds. The molecule has 2 aromatic carbocycles. The van der Waals surface area contributed by atoms with E-state index in [1.165, 1.54) is 0 Å². The van der Waals surface area contributed by atoms with E-state index < -0.39 is 0 Å². The zero-order valence-electron chi connectivity index (χ0n) is 19.7. The van der Waals surface area contributed by atoms with E-state index in [2.05, 4.69) is 20.8 Å². The molecule has 1 aliphatic rings. The summed E-state index contributed by atoms with van der Waals surface area (Å²) in [4.78, 5) is 27.7. The molecule has 0 atom stereocenters. The van der Waals surface area contributed by atoms with Crippen LogP contribution < -0.4 is 14.8 Å². The quantitative estimate of drug-likeness (QED) is 0.597. The van der Waals surface area contributed by atoms with Gasteiger partial charge in [-0.25, -0.2) is 0 Å². The molecule has 1 aliphatic heterocycles. The molecule has 0 aliphatic carbocycles. The number of anilines is 1. The first-order valence-corrected chi connectivity index (χ1v) is 11.1. The molecule has 0 bridgehead atoms. The number of carbonyl (C=O) groups excluding carboxylic acids is 2. The SMILES string of the molecule is COc1cc(OC)cc(C(=O)N2CCC(C(=O)Nc3ccc(C)c(-n4nnnc4C)c3)CC2)c1. The van der Waals surface area contributed by atoms with Gasteiger partial charge in [-0.05, 0) is 66.9 Å². The smallest absolute Gasteiger partial charge is 0.254 e. The van der Waals surface area contributed by atoms with Crippen LogP contribution in [-0.4, -0.2) is 64.2 Å². The van der Waals surface area contributed by atoms with Crippen molar-refractivity contribution < 1.29 is 19.1 Å².